The molecule has 102 valence electrons. The molecular weight excluding hydrogens is 266 g/mol. The molecule has 2 aliphatic rings. The Kier molecular flexibility index (Phi) is 3.61. The van der Waals surface area contributed by atoms with Crippen LogP contribution in [0.5, 0.6) is 0 Å². The Morgan fingerprint density at radius 3 is 2.53 bits per heavy atom. The molecule has 0 aromatic heterocycles. The summed E-state index contributed by atoms with van der Waals surface area (Å²) in [5.41, 5.74) is -0.0741. The summed E-state index contributed by atoms with van der Waals surface area (Å²) in [5.74, 6) is -1.49. The molecule has 3 rings (SSSR count). The summed E-state index contributed by atoms with van der Waals surface area (Å²) >= 11 is 1.98. The van der Waals surface area contributed by atoms with Crippen molar-refractivity contribution in [3.05, 3.63) is 35.4 Å². The lowest BCUT2D eigenvalue weighted by Gasteiger charge is -2.37. The predicted octanol–water partition coefficient (Wildman–Crippen LogP) is 4.21. The van der Waals surface area contributed by atoms with E-state index < -0.39 is 11.6 Å². The van der Waals surface area contributed by atoms with Crippen LogP contribution in [0.25, 0.3) is 0 Å². The first-order chi connectivity index (χ1) is 9.13. The Morgan fingerprint density at radius 1 is 1.16 bits per heavy atom. The molecule has 2 heterocycles. The standard InChI is InChI=1S/C15H16F2OS/c16-10-4-5-14(17)13(8-10)15(18)9-6-11-2-1-3-12(7-9)19-11/h4-5,8-9,11-12H,1-3,6-7H2. The molecule has 2 atom stereocenters. The van der Waals surface area contributed by atoms with E-state index in [9.17, 15) is 13.6 Å². The van der Waals surface area contributed by atoms with E-state index in [-0.39, 0.29) is 17.3 Å². The van der Waals surface area contributed by atoms with Crippen molar-refractivity contribution in [2.75, 3.05) is 0 Å². The molecule has 2 saturated heterocycles. The number of fused-ring (bicyclic) bond motifs is 2. The third-order valence-corrected chi connectivity index (χ3v) is 5.72. The van der Waals surface area contributed by atoms with Gasteiger partial charge in [-0.2, -0.15) is 11.8 Å². The lowest BCUT2D eigenvalue weighted by molar-refractivity contribution is 0.0892. The molecule has 2 fully saturated rings. The van der Waals surface area contributed by atoms with Gasteiger partial charge in [-0.1, -0.05) is 6.42 Å². The molecule has 4 heteroatoms. The number of hydrogen-bond donors (Lipinski definition) is 0. The third-order valence-electron chi connectivity index (χ3n) is 4.10. The Labute approximate surface area is 115 Å². The summed E-state index contributed by atoms with van der Waals surface area (Å²) in [7, 11) is 0. The van der Waals surface area contributed by atoms with Crippen molar-refractivity contribution in [3.63, 3.8) is 0 Å². The second kappa shape index (κ2) is 5.23. The maximum absolute atomic E-state index is 13.7. The minimum Gasteiger partial charge on any atom is -0.294 e. The number of benzene rings is 1. The summed E-state index contributed by atoms with van der Waals surface area (Å²) in [6.45, 7) is 0. The van der Waals surface area contributed by atoms with Crippen LogP contribution in [0.1, 0.15) is 42.5 Å². The highest BCUT2D eigenvalue weighted by molar-refractivity contribution is 8.00. The number of ketones is 1. The highest BCUT2D eigenvalue weighted by atomic mass is 32.2. The van der Waals surface area contributed by atoms with E-state index in [2.05, 4.69) is 0 Å². The Bertz CT molecular complexity index is 491. The fraction of sp³-hybridized carbons (Fsp3) is 0.533. The van der Waals surface area contributed by atoms with Crippen LogP contribution in [0.2, 0.25) is 0 Å². The molecule has 1 aromatic carbocycles. The van der Waals surface area contributed by atoms with E-state index in [0.717, 1.165) is 43.9 Å². The number of Topliss-reactive ketones (excluding diaryl/α,β-unsaturated/α-hetero) is 1. The number of carbonyl (C=O) groups excluding carboxylic acids is 1. The Balaban J connectivity index is 1.82. The van der Waals surface area contributed by atoms with Gasteiger partial charge in [-0.05, 0) is 43.9 Å². The van der Waals surface area contributed by atoms with Gasteiger partial charge in [-0.25, -0.2) is 8.78 Å². The van der Waals surface area contributed by atoms with Crippen LogP contribution in [0.15, 0.2) is 18.2 Å². The SMILES string of the molecule is O=C(c1cc(F)ccc1F)C1CC2CCCC(C1)S2. The van der Waals surface area contributed by atoms with Gasteiger partial charge in [0.2, 0.25) is 0 Å². The van der Waals surface area contributed by atoms with E-state index in [0.29, 0.717) is 10.5 Å². The van der Waals surface area contributed by atoms with Gasteiger partial charge in [0.1, 0.15) is 11.6 Å². The summed E-state index contributed by atoms with van der Waals surface area (Å²) < 4.78 is 26.9. The van der Waals surface area contributed by atoms with Crippen LogP contribution in [-0.2, 0) is 0 Å². The fourth-order valence-electron chi connectivity index (χ4n) is 3.18. The maximum atomic E-state index is 13.7. The fourth-order valence-corrected chi connectivity index (χ4v) is 5.02. The Hall–Kier alpha value is -0.900. The van der Waals surface area contributed by atoms with E-state index in [4.69, 9.17) is 0 Å². The van der Waals surface area contributed by atoms with Crippen LogP contribution >= 0.6 is 11.8 Å². The van der Waals surface area contributed by atoms with E-state index in [1.807, 2.05) is 11.8 Å². The summed E-state index contributed by atoms with van der Waals surface area (Å²) in [5, 5.41) is 1.05. The number of carbonyl (C=O) groups is 1. The van der Waals surface area contributed by atoms with E-state index in [1.165, 1.54) is 6.42 Å². The minimum absolute atomic E-state index is 0.0741. The van der Waals surface area contributed by atoms with Gasteiger partial charge in [0, 0.05) is 16.4 Å². The summed E-state index contributed by atoms with van der Waals surface area (Å²) in [4.78, 5) is 12.4. The van der Waals surface area contributed by atoms with Crippen LogP contribution in [0.3, 0.4) is 0 Å². The van der Waals surface area contributed by atoms with Gasteiger partial charge in [-0.3, -0.25) is 4.79 Å². The molecule has 1 aromatic rings. The van der Waals surface area contributed by atoms with Gasteiger partial charge in [-0.15, -0.1) is 0 Å². The van der Waals surface area contributed by atoms with E-state index in [1.54, 1.807) is 0 Å². The van der Waals surface area contributed by atoms with E-state index >= 15 is 0 Å². The molecule has 0 amide bonds. The molecule has 0 aliphatic carbocycles. The molecule has 19 heavy (non-hydrogen) atoms. The van der Waals surface area contributed by atoms with Gasteiger partial charge in [0.15, 0.2) is 5.78 Å². The van der Waals surface area contributed by atoms with Crippen molar-refractivity contribution in [1.29, 1.82) is 0 Å². The molecule has 0 saturated carbocycles. The van der Waals surface area contributed by atoms with Gasteiger partial charge < -0.3 is 0 Å². The smallest absolute Gasteiger partial charge is 0.169 e. The predicted molar refractivity (Wildman–Crippen MR) is 72.4 cm³/mol. The molecule has 2 unspecified atom stereocenters. The number of thioether (sulfide) groups is 1. The van der Waals surface area contributed by atoms with Crippen LogP contribution in [-0.4, -0.2) is 16.3 Å². The van der Waals surface area contributed by atoms with Gasteiger partial charge in [0.25, 0.3) is 0 Å². The van der Waals surface area contributed by atoms with Crippen molar-refractivity contribution in [1.82, 2.24) is 0 Å². The molecule has 1 nitrogen and oxygen atoms in total. The van der Waals surface area contributed by atoms with Crippen LogP contribution < -0.4 is 0 Å². The lowest BCUT2D eigenvalue weighted by Crippen LogP contribution is -2.33. The molecule has 2 aliphatic heterocycles. The van der Waals surface area contributed by atoms with Crippen LogP contribution in [0.4, 0.5) is 8.78 Å². The summed E-state index contributed by atoms with van der Waals surface area (Å²) in [6, 6.07) is 3.13. The first-order valence-electron chi connectivity index (χ1n) is 6.78. The largest absolute Gasteiger partial charge is 0.294 e. The zero-order valence-electron chi connectivity index (χ0n) is 10.6. The zero-order chi connectivity index (χ0) is 13.4. The second-order valence-electron chi connectivity index (χ2n) is 5.47. The average Bonchev–Trinajstić information content (AvgIpc) is 2.40. The topological polar surface area (TPSA) is 17.1 Å². The van der Waals surface area contributed by atoms with Crippen molar-refractivity contribution in [2.45, 2.75) is 42.6 Å². The zero-order valence-corrected chi connectivity index (χ0v) is 11.4. The molecule has 0 spiro atoms. The molecule has 0 radical (unpaired) electrons. The molecular formula is C15H16F2OS. The number of rotatable bonds is 2. The van der Waals surface area contributed by atoms with Crippen molar-refractivity contribution >= 4 is 17.5 Å². The third kappa shape index (κ3) is 2.69. The van der Waals surface area contributed by atoms with Crippen molar-refractivity contribution < 1.29 is 13.6 Å². The quantitative estimate of drug-likeness (QED) is 0.756. The summed E-state index contributed by atoms with van der Waals surface area (Å²) in [6.07, 6.45) is 5.16. The Morgan fingerprint density at radius 2 is 1.84 bits per heavy atom. The molecule has 0 N–H and O–H groups in total. The number of halogens is 2. The van der Waals surface area contributed by atoms with Crippen molar-refractivity contribution in [3.8, 4) is 0 Å². The van der Waals surface area contributed by atoms with Gasteiger partial charge >= 0.3 is 0 Å². The highest BCUT2D eigenvalue weighted by Crippen LogP contribution is 2.44. The first kappa shape index (κ1) is 13.1. The second-order valence-corrected chi connectivity index (χ2v) is 7.07. The van der Waals surface area contributed by atoms with Crippen molar-refractivity contribution in [2.24, 2.45) is 5.92 Å². The lowest BCUT2D eigenvalue weighted by atomic mass is 9.84. The highest BCUT2D eigenvalue weighted by Gasteiger charge is 2.36. The van der Waals surface area contributed by atoms with Gasteiger partial charge in [0.05, 0.1) is 5.56 Å². The maximum Gasteiger partial charge on any atom is 0.169 e. The molecule has 2 bridgehead atoms. The monoisotopic (exact) mass is 282 g/mol. The first-order valence-corrected chi connectivity index (χ1v) is 7.72. The normalized spacial score (nSPS) is 30.1. The average molecular weight is 282 g/mol. The minimum atomic E-state index is -0.602. The van der Waals surface area contributed by atoms with Crippen LogP contribution in [0, 0.1) is 17.6 Å². The number of hydrogen-bond acceptors (Lipinski definition) is 2.